The van der Waals surface area contributed by atoms with Crippen LogP contribution in [-0.4, -0.2) is 40.0 Å². The molecular weight excluding hydrogens is 291 g/mol. The molecule has 0 aliphatic carbocycles. The molecule has 2 amide bonds. The monoisotopic (exact) mass is 306 g/mol. The van der Waals surface area contributed by atoms with Gasteiger partial charge in [-0.25, -0.2) is 9.18 Å². The third-order valence-corrected chi connectivity index (χ3v) is 2.89. The molecule has 1 aromatic heterocycles. The van der Waals surface area contributed by atoms with Crippen LogP contribution in [0.5, 0.6) is 0 Å². The van der Waals surface area contributed by atoms with Crippen LogP contribution >= 0.6 is 0 Å². The normalized spacial score (nSPS) is 10.3. The van der Waals surface area contributed by atoms with Crippen molar-refractivity contribution in [3.63, 3.8) is 0 Å². The van der Waals surface area contributed by atoms with Gasteiger partial charge < -0.3 is 15.7 Å². The number of carbonyl (C=O) groups is 2. The Labute approximate surface area is 125 Å². The highest BCUT2D eigenvalue weighted by Crippen LogP contribution is 2.23. The maximum Gasteiger partial charge on any atom is 0.404 e. The Morgan fingerprint density at radius 3 is 2.50 bits per heavy atom. The van der Waals surface area contributed by atoms with Crippen LogP contribution in [0.3, 0.4) is 0 Å². The lowest BCUT2D eigenvalue weighted by Gasteiger charge is -2.05. The summed E-state index contributed by atoms with van der Waals surface area (Å²) in [6.45, 7) is 0.240. The number of carboxylic acid groups (broad SMARTS) is 1. The summed E-state index contributed by atoms with van der Waals surface area (Å²) in [4.78, 5) is 22.4. The Kier molecular flexibility index (Phi) is 4.72. The van der Waals surface area contributed by atoms with E-state index in [1.165, 1.54) is 16.8 Å². The Bertz CT molecular complexity index is 682. The molecule has 0 radical (unpaired) electrons. The fourth-order valence-corrected chi connectivity index (χ4v) is 1.93. The molecule has 7 nitrogen and oxygen atoms in total. The number of nitrogens with zero attached hydrogens (tertiary/aromatic N) is 2. The molecule has 0 saturated heterocycles. The summed E-state index contributed by atoms with van der Waals surface area (Å²) in [7, 11) is 1.68. The Hall–Kier alpha value is -2.90. The van der Waals surface area contributed by atoms with Crippen LogP contribution in [0.2, 0.25) is 0 Å². The highest BCUT2D eigenvalue weighted by atomic mass is 19.1. The second-order valence-corrected chi connectivity index (χ2v) is 4.56. The van der Waals surface area contributed by atoms with Gasteiger partial charge in [0.25, 0.3) is 5.91 Å². The van der Waals surface area contributed by atoms with Gasteiger partial charge in [0.05, 0.1) is 0 Å². The average Bonchev–Trinajstić information content (AvgIpc) is 2.86. The molecule has 0 aliphatic heterocycles. The predicted molar refractivity (Wildman–Crippen MR) is 77.0 cm³/mol. The van der Waals surface area contributed by atoms with Gasteiger partial charge in [-0.15, -0.1) is 0 Å². The summed E-state index contributed by atoms with van der Waals surface area (Å²) >= 11 is 0. The van der Waals surface area contributed by atoms with Gasteiger partial charge >= 0.3 is 6.09 Å². The minimum absolute atomic E-state index is 0.0970. The zero-order valence-corrected chi connectivity index (χ0v) is 11.8. The summed E-state index contributed by atoms with van der Waals surface area (Å²) < 4.78 is 14.5. The van der Waals surface area contributed by atoms with Gasteiger partial charge in [0.15, 0.2) is 5.69 Å². The molecule has 116 valence electrons. The molecule has 2 aromatic rings. The van der Waals surface area contributed by atoms with Gasteiger partial charge in [-0.1, -0.05) is 12.1 Å². The van der Waals surface area contributed by atoms with Crippen LogP contribution < -0.4 is 10.6 Å². The minimum Gasteiger partial charge on any atom is -0.465 e. The molecular formula is C14H15FN4O3. The number of amides is 2. The molecule has 0 spiro atoms. The van der Waals surface area contributed by atoms with Gasteiger partial charge in [0.2, 0.25) is 0 Å². The van der Waals surface area contributed by atoms with E-state index in [1.807, 2.05) is 0 Å². The lowest BCUT2D eigenvalue weighted by atomic mass is 10.1. The number of rotatable bonds is 5. The number of aryl methyl sites for hydroxylation is 1. The van der Waals surface area contributed by atoms with Crippen LogP contribution in [0.1, 0.15) is 10.5 Å². The molecule has 0 bridgehead atoms. The number of carbonyl (C=O) groups excluding carboxylic acids is 1. The largest absolute Gasteiger partial charge is 0.465 e. The molecule has 0 unspecified atom stereocenters. The third-order valence-electron chi connectivity index (χ3n) is 2.89. The summed E-state index contributed by atoms with van der Waals surface area (Å²) in [5, 5.41) is 17.3. The Morgan fingerprint density at radius 1 is 1.23 bits per heavy atom. The molecule has 0 fully saturated rings. The SMILES string of the molecule is Cn1cc(-c2ccc(F)cc2)c(C(=O)NCCNC(=O)O)n1. The highest BCUT2D eigenvalue weighted by Gasteiger charge is 2.17. The first-order valence-electron chi connectivity index (χ1n) is 6.52. The number of hydrogen-bond donors (Lipinski definition) is 3. The van der Waals surface area contributed by atoms with Gasteiger partial charge in [0, 0.05) is 31.9 Å². The van der Waals surface area contributed by atoms with Gasteiger partial charge in [0.1, 0.15) is 5.82 Å². The second kappa shape index (κ2) is 6.70. The summed E-state index contributed by atoms with van der Waals surface area (Å²) in [5.41, 5.74) is 1.44. The lowest BCUT2D eigenvalue weighted by molar-refractivity contribution is 0.0948. The molecule has 22 heavy (non-hydrogen) atoms. The fourth-order valence-electron chi connectivity index (χ4n) is 1.93. The van der Waals surface area contributed by atoms with Gasteiger partial charge in [-0.2, -0.15) is 5.10 Å². The first kappa shape index (κ1) is 15.5. The number of nitrogens with one attached hydrogen (secondary N) is 2. The first-order valence-corrected chi connectivity index (χ1v) is 6.52. The average molecular weight is 306 g/mol. The van der Waals surface area contributed by atoms with Crippen molar-refractivity contribution >= 4 is 12.0 Å². The molecule has 8 heteroatoms. The maximum absolute atomic E-state index is 13.0. The number of halogens is 1. The standard InChI is InChI=1S/C14H15FN4O3/c1-19-8-11(9-2-4-10(15)5-3-9)12(18-19)13(20)16-6-7-17-14(21)22/h2-5,8,17H,6-7H2,1H3,(H,16,20)(H,21,22). The van der Waals surface area contributed by atoms with Gasteiger partial charge in [-0.05, 0) is 17.7 Å². The second-order valence-electron chi connectivity index (χ2n) is 4.56. The fraction of sp³-hybridized carbons (Fsp3) is 0.214. The van der Waals surface area contributed by atoms with Crippen molar-refractivity contribution < 1.29 is 19.1 Å². The smallest absolute Gasteiger partial charge is 0.404 e. The Balaban J connectivity index is 2.12. The molecule has 1 heterocycles. The highest BCUT2D eigenvalue weighted by molar-refractivity contribution is 5.98. The molecule has 0 atom stereocenters. The van der Waals surface area contributed by atoms with Crippen LogP contribution in [0.15, 0.2) is 30.5 Å². The number of hydrogen-bond acceptors (Lipinski definition) is 3. The molecule has 1 aromatic carbocycles. The molecule has 3 N–H and O–H groups in total. The third kappa shape index (κ3) is 3.81. The predicted octanol–water partition coefficient (Wildman–Crippen LogP) is 1.22. The van der Waals surface area contributed by atoms with Crippen LogP contribution in [-0.2, 0) is 7.05 Å². The van der Waals surface area contributed by atoms with Crippen molar-refractivity contribution in [2.45, 2.75) is 0 Å². The number of benzene rings is 1. The quantitative estimate of drug-likeness (QED) is 0.724. The zero-order valence-electron chi connectivity index (χ0n) is 11.8. The summed E-state index contributed by atoms with van der Waals surface area (Å²) in [6, 6.07) is 5.74. The van der Waals surface area contributed by atoms with E-state index in [-0.39, 0.29) is 24.6 Å². The van der Waals surface area contributed by atoms with E-state index in [4.69, 9.17) is 5.11 Å². The van der Waals surface area contributed by atoms with Crippen LogP contribution in [0.25, 0.3) is 11.1 Å². The molecule has 2 rings (SSSR count). The van der Waals surface area contributed by atoms with Crippen molar-refractivity contribution in [1.29, 1.82) is 0 Å². The zero-order chi connectivity index (χ0) is 16.1. The van der Waals surface area contributed by atoms with E-state index >= 15 is 0 Å². The van der Waals surface area contributed by atoms with Crippen molar-refractivity contribution in [2.24, 2.45) is 7.05 Å². The van der Waals surface area contributed by atoms with E-state index in [0.717, 1.165) is 0 Å². The van der Waals surface area contributed by atoms with Crippen molar-refractivity contribution in [1.82, 2.24) is 20.4 Å². The molecule has 0 saturated carbocycles. The maximum atomic E-state index is 13.0. The van der Waals surface area contributed by atoms with Crippen LogP contribution in [0.4, 0.5) is 9.18 Å². The van der Waals surface area contributed by atoms with Crippen molar-refractivity contribution in [2.75, 3.05) is 13.1 Å². The summed E-state index contributed by atoms with van der Waals surface area (Å²) in [6.07, 6.45) is 0.511. The topological polar surface area (TPSA) is 96.2 Å². The van der Waals surface area contributed by atoms with Gasteiger partial charge in [-0.3, -0.25) is 9.48 Å². The number of aromatic nitrogens is 2. The van der Waals surface area contributed by atoms with Crippen LogP contribution in [0, 0.1) is 5.82 Å². The van der Waals surface area contributed by atoms with E-state index in [0.29, 0.717) is 11.1 Å². The first-order chi connectivity index (χ1) is 10.5. The van der Waals surface area contributed by atoms with E-state index in [9.17, 15) is 14.0 Å². The van der Waals surface area contributed by atoms with E-state index in [1.54, 1.807) is 25.4 Å². The van der Waals surface area contributed by atoms with E-state index < -0.39 is 12.0 Å². The minimum atomic E-state index is -1.15. The van der Waals surface area contributed by atoms with E-state index in [2.05, 4.69) is 15.7 Å². The van der Waals surface area contributed by atoms with Crippen molar-refractivity contribution in [3.05, 3.63) is 42.0 Å². The summed E-state index contributed by atoms with van der Waals surface area (Å²) in [5.74, 6) is -0.787. The van der Waals surface area contributed by atoms with Crippen molar-refractivity contribution in [3.8, 4) is 11.1 Å². The molecule has 0 aliphatic rings. The lowest BCUT2D eigenvalue weighted by Crippen LogP contribution is -2.34. The Morgan fingerprint density at radius 2 is 1.86 bits per heavy atom.